The first-order valence-corrected chi connectivity index (χ1v) is 7.53. The van der Waals surface area contributed by atoms with Crippen LogP contribution in [0.2, 0.25) is 0 Å². The van der Waals surface area contributed by atoms with Crippen molar-refractivity contribution in [2.45, 2.75) is 19.8 Å². The number of carbonyl (C=O) groups excluding carboxylic acids is 2. The van der Waals surface area contributed by atoms with Crippen molar-refractivity contribution in [2.75, 3.05) is 26.3 Å². The van der Waals surface area contributed by atoms with Crippen LogP contribution in [0.3, 0.4) is 0 Å². The Bertz CT molecular complexity index is 515. The van der Waals surface area contributed by atoms with Crippen LogP contribution in [0.5, 0.6) is 11.5 Å². The van der Waals surface area contributed by atoms with Crippen LogP contribution in [-0.4, -0.2) is 43.0 Å². The molecule has 1 aromatic rings. The van der Waals surface area contributed by atoms with E-state index in [0.717, 1.165) is 12.2 Å². The van der Waals surface area contributed by atoms with Gasteiger partial charge in [0.15, 0.2) is 6.61 Å². The Kier molecular flexibility index (Phi) is 5.63. The van der Waals surface area contributed by atoms with E-state index >= 15 is 0 Å². The molecule has 2 amide bonds. The second-order valence-electron chi connectivity index (χ2n) is 5.34. The first kappa shape index (κ1) is 16.1. The van der Waals surface area contributed by atoms with Crippen LogP contribution in [0.4, 0.5) is 0 Å². The molecule has 1 aliphatic heterocycles. The quantitative estimate of drug-likeness (QED) is 0.820. The Balaban J connectivity index is 1.78. The zero-order valence-corrected chi connectivity index (χ0v) is 12.8. The first-order valence-electron chi connectivity index (χ1n) is 7.53. The van der Waals surface area contributed by atoms with Crippen LogP contribution in [0.15, 0.2) is 24.3 Å². The van der Waals surface area contributed by atoms with Crippen molar-refractivity contribution in [3.05, 3.63) is 24.3 Å². The predicted molar refractivity (Wildman–Crippen MR) is 81.6 cm³/mol. The van der Waals surface area contributed by atoms with E-state index in [-0.39, 0.29) is 24.3 Å². The van der Waals surface area contributed by atoms with E-state index < -0.39 is 0 Å². The highest BCUT2D eigenvalue weighted by Gasteiger charge is 2.29. The van der Waals surface area contributed by atoms with Gasteiger partial charge in [0, 0.05) is 13.1 Å². The lowest BCUT2D eigenvalue weighted by atomic mass is 10.1. The molecule has 120 valence electrons. The van der Waals surface area contributed by atoms with Gasteiger partial charge in [-0.1, -0.05) is 6.92 Å². The number of amides is 2. The Morgan fingerprint density at radius 2 is 1.86 bits per heavy atom. The molecular formula is C16H22N2O4. The number of likely N-dealkylation sites (tertiary alicyclic amines) is 1. The molecule has 22 heavy (non-hydrogen) atoms. The molecule has 2 N–H and O–H groups in total. The van der Waals surface area contributed by atoms with Crippen molar-refractivity contribution in [1.29, 1.82) is 0 Å². The molecule has 0 aliphatic carbocycles. The van der Waals surface area contributed by atoms with Gasteiger partial charge in [-0.05, 0) is 37.1 Å². The monoisotopic (exact) mass is 306 g/mol. The standard InChI is InChI=1S/C16H22N2O4/c1-2-9-21-13-3-5-14(6-4-13)22-11-15(19)18-8-7-12(10-18)16(17)20/h3-6,12H,2,7-11H2,1H3,(H2,17,20)/t12-/m0/s1. The van der Waals surface area contributed by atoms with Gasteiger partial charge in [0.2, 0.25) is 5.91 Å². The van der Waals surface area contributed by atoms with E-state index in [9.17, 15) is 9.59 Å². The molecule has 1 aliphatic rings. The SMILES string of the molecule is CCCOc1ccc(OCC(=O)N2CC[C@H](C(N)=O)C2)cc1. The summed E-state index contributed by atoms with van der Waals surface area (Å²) < 4.78 is 10.9. The third-order valence-electron chi connectivity index (χ3n) is 3.60. The van der Waals surface area contributed by atoms with Crippen molar-refractivity contribution >= 4 is 11.8 Å². The molecule has 0 aromatic heterocycles. The van der Waals surface area contributed by atoms with Crippen molar-refractivity contribution in [3.63, 3.8) is 0 Å². The lowest BCUT2D eigenvalue weighted by molar-refractivity contribution is -0.132. The molecule has 6 heteroatoms. The smallest absolute Gasteiger partial charge is 0.260 e. The van der Waals surface area contributed by atoms with Gasteiger partial charge < -0.3 is 20.1 Å². The normalized spacial score (nSPS) is 17.3. The van der Waals surface area contributed by atoms with Crippen molar-refractivity contribution in [2.24, 2.45) is 11.7 Å². The fourth-order valence-electron chi connectivity index (χ4n) is 2.31. The van der Waals surface area contributed by atoms with Gasteiger partial charge in [0.25, 0.3) is 5.91 Å². The topological polar surface area (TPSA) is 81.9 Å². The third-order valence-corrected chi connectivity index (χ3v) is 3.60. The Morgan fingerprint density at radius 3 is 2.41 bits per heavy atom. The molecule has 2 rings (SSSR count). The molecule has 0 bridgehead atoms. The molecule has 0 radical (unpaired) electrons. The lowest BCUT2D eigenvalue weighted by Crippen LogP contribution is -2.34. The van der Waals surface area contributed by atoms with Crippen LogP contribution < -0.4 is 15.2 Å². The van der Waals surface area contributed by atoms with E-state index in [2.05, 4.69) is 0 Å². The Hall–Kier alpha value is -2.24. The van der Waals surface area contributed by atoms with E-state index in [4.69, 9.17) is 15.2 Å². The number of ether oxygens (including phenoxy) is 2. The highest BCUT2D eigenvalue weighted by molar-refractivity contribution is 5.81. The maximum absolute atomic E-state index is 12.0. The summed E-state index contributed by atoms with van der Waals surface area (Å²) in [4.78, 5) is 24.7. The number of rotatable bonds is 7. The van der Waals surface area contributed by atoms with E-state index in [0.29, 0.717) is 31.9 Å². The van der Waals surface area contributed by atoms with Crippen LogP contribution in [0.25, 0.3) is 0 Å². The molecule has 0 unspecified atom stereocenters. The van der Waals surface area contributed by atoms with Crippen molar-refractivity contribution in [3.8, 4) is 11.5 Å². The molecule has 6 nitrogen and oxygen atoms in total. The van der Waals surface area contributed by atoms with Gasteiger partial charge in [-0.2, -0.15) is 0 Å². The van der Waals surface area contributed by atoms with Crippen LogP contribution in [0, 0.1) is 5.92 Å². The average Bonchev–Trinajstić information content (AvgIpc) is 3.02. The van der Waals surface area contributed by atoms with Gasteiger partial charge >= 0.3 is 0 Å². The summed E-state index contributed by atoms with van der Waals surface area (Å²) in [6.45, 7) is 3.63. The molecule has 1 saturated heterocycles. The van der Waals surface area contributed by atoms with Crippen LogP contribution in [-0.2, 0) is 9.59 Å². The fraction of sp³-hybridized carbons (Fsp3) is 0.500. The highest BCUT2D eigenvalue weighted by atomic mass is 16.5. The minimum Gasteiger partial charge on any atom is -0.494 e. The van der Waals surface area contributed by atoms with Gasteiger partial charge in [-0.25, -0.2) is 0 Å². The second-order valence-corrected chi connectivity index (χ2v) is 5.34. The molecule has 1 heterocycles. The number of benzene rings is 1. The summed E-state index contributed by atoms with van der Waals surface area (Å²) in [5, 5.41) is 0. The van der Waals surface area contributed by atoms with Crippen LogP contribution >= 0.6 is 0 Å². The summed E-state index contributed by atoms with van der Waals surface area (Å²) >= 11 is 0. The average molecular weight is 306 g/mol. The zero-order chi connectivity index (χ0) is 15.9. The second kappa shape index (κ2) is 7.68. The molecule has 1 atom stereocenters. The Morgan fingerprint density at radius 1 is 1.23 bits per heavy atom. The van der Waals surface area contributed by atoms with Crippen molar-refractivity contribution < 1.29 is 19.1 Å². The number of carbonyl (C=O) groups is 2. The molecule has 1 fully saturated rings. The van der Waals surface area contributed by atoms with Gasteiger partial charge in [0.05, 0.1) is 12.5 Å². The number of hydrogen-bond acceptors (Lipinski definition) is 4. The maximum Gasteiger partial charge on any atom is 0.260 e. The highest BCUT2D eigenvalue weighted by Crippen LogP contribution is 2.19. The number of primary amides is 1. The largest absolute Gasteiger partial charge is 0.494 e. The van der Waals surface area contributed by atoms with E-state index in [1.165, 1.54) is 0 Å². The summed E-state index contributed by atoms with van der Waals surface area (Å²) in [5.74, 6) is 0.681. The van der Waals surface area contributed by atoms with Crippen LogP contribution in [0.1, 0.15) is 19.8 Å². The zero-order valence-electron chi connectivity index (χ0n) is 12.8. The number of hydrogen-bond donors (Lipinski definition) is 1. The number of nitrogens with zero attached hydrogens (tertiary/aromatic N) is 1. The molecular weight excluding hydrogens is 284 g/mol. The molecule has 0 spiro atoms. The molecule has 0 saturated carbocycles. The van der Waals surface area contributed by atoms with Gasteiger partial charge in [0.1, 0.15) is 11.5 Å². The molecule has 1 aromatic carbocycles. The lowest BCUT2D eigenvalue weighted by Gasteiger charge is -2.16. The van der Waals surface area contributed by atoms with Gasteiger partial charge in [-0.3, -0.25) is 9.59 Å². The van der Waals surface area contributed by atoms with Crippen molar-refractivity contribution in [1.82, 2.24) is 4.90 Å². The summed E-state index contributed by atoms with van der Waals surface area (Å²) in [5.41, 5.74) is 5.25. The minimum absolute atomic E-state index is 0.0410. The predicted octanol–water partition coefficient (Wildman–Crippen LogP) is 1.19. The third kappa shape index (κ3) is 4.38. The van der Waals surface area contributed by atoms with E-state index in [1.807, 2.05) is 19.1 Å². The van der Waals surface area contributed by atoms with E-state index in [1.54, 1.807) is 17.0 Å². The maximum atomic E-state index is 12.0. The van der Waals surface area contributed by atoms with Gasteiger partial charge in [-0.15, -0.1) is 0 Å². The summed E-state index contributed by atoms with van der Waals surface area (Å²) in [6.07, 6.45) is 1.58. The first-order chi connectivity index (χ1) is 10.6. The number of nitrogens with two attached hydrogens (primary N) is 1. The Labute approximate surface area is 130 Å². The fourth-order valence-corrected chi connectivity index (χ4v) is 2.31. The summed E-state index contributed by atoms with van der Waals surface area (Å²) in [6, 6.07) is 7.17. The minimum atomic E-state index is -0.348. The summed E-state index contributed by atoms with van der Waals surface area (Å²) in [7, 11) is 0.